The smallest absolute Gasteiger partial charge is 0.0722 e. The number of rotatable bonds is 3. The van der Waals surface area contributed by atoms with Gasteiger partial charge in [-0.2, -0.15) is 0 Å². The standard InChI is InChI=1S/C16H11Cl3N2/c17-12-6-7-13(18)16(19)11(12)9-21-15-5-1-4-14-10(15)3-2-8-20-14/h1-8,21H,9H2. The first-order valence-corrected chi connectivity index (χ1v) is 7.50. The summed E-state index contributed by atoms with van der Waals surface area (Å²) in [4.78, 5) is 4.33. The van der Waals surface area contributed by atoms with Crippen LogP contribution in [-0.2, 0) is 6.54 Å². The van der Waals surface area contributed by atoms with Crippen molar-refractivity contribution in [2.75, 3.05) is 5.32 Å². The Morgan fingerprint density at radius 1 is 0.905 bits per heavy atom. The van der Waals surface area contributed by atoms with E-state index in [9.17, 15) is 0 Å². The summed E-state index contributed by atoms with van der Waals surface area (Å²) >= 11 is 18.4. The maximum absolute atomic E-state index is 6.21. The molecule has 0 aliphatic carbocycles. The van der Waals surface area contributed by atoms with Crippen molar-refractivity contribution in [2.24, 2.45) is 0 Å². The number of anilines is 1. The molecule has 0 spiro atoms. The number of hydrogen-bond donors (Lipinski definition) is 1. The fourth-order valence-corrected chi connectivity index (χ4v) is 2.85. The van der Waals surface area contributed by atoms with Crippen LogP contribution in [0.5, 0.6) is 0 Å². The van der Waals surface area contributed by atoms with Crippen LogP contribution in [0.25, 0.3) is 10.9 Å². The molecule has 1 aromatic heterocycles. The highest BCUT2D eigenvalue weighted by Gasteiger charge is 2.10. The lowest BCUT2D eigenvalue weighted by Crippen LogP contribution is -2.02. The molecule has 0 radical (unpaired) electrons. The van der Waals surface area contributed by atoms with Crippen LogP contribution in [0.3, 0.4) is 0 Å². The Morgan fingerprint density at radius 2 is 1.71 bits per heavy atom. The molecule has 21 heavy (non-hydrogen) atoms. The van der Waals surface area contributed by atoms with Crippen molar-refractivity contribution in [1.82, 2.24) is 4.98 Å². The summed E-state index contributed by atoms with van der Waals surface area (Å²) in [5.74, 6) is 0. The van der Waals surface area contributed by atoms with Gasteiger partial charge < -0.3 is 5.32 Å². The van der Waals surface area contributed by atoms with Crippen LogP contribution in [0.2, 0.25) is 15.1 Å². The van der Waals surface area contributed by atoms with Crippen LogP contribution in [-0.4, -0.2) is 4.98 Å². The number of nitrogens with zero attached hydrogens (tertiary/aromatic N) is 1. The van der Waals surface area contributed by atoms with Gasteiger partial charge in [-0.15, -0.1) is 0 Å². The van der Waals surface area contributed by atoms with E-state index < -0.39 is 0 Å². The Kier molecular flexibility index (Phi) is 4.20. The Labute approximate surface area is 137 Å². The fraction of sp³-hybridized carbons (Fsp3) is 0.0625. The highest BCUT2D eigenvalue weighted by Crippen LogP contribution is 2.32. The van der Waals surface area contributed by atoms with Crippen LogP contribution in [0.1, 0.15) is 5.56 Å². The van der Waals surface area contributed by atoms with Gasteiger partial charge in [0.05, 0.1) is 15.6 Å². The minimum Gasteiger partial charge on any atom is -0.380 e. The molecule has 1 N–H and O–H groups in total. The summed E-state index contributed by atoms with van der Waals surface area (Å²) in [5.41, 5.74) is 2.70. The molecule has 0 aliphatic rings. The maximum atomic E-state index is 6.21. The first-order chi connectivity index (χ1) is 10.2. The number of nitrogens with one attached hydrogen (secondary N) is 1. The Morgan fingerprint density at radius 3 is 2.57 bits per heavy atom. The van der Waals surface area contributed by atoms with Crippen molar-refractivity contribution < 1.29 is 0 Å². The number of hydrogen-bond acceptors (Lipinski definition) is 2. The molecule has 3 aromatic rings. The quantitative estimate of drug-likeness (QED) is 0.610. The zero-order chi connectivity index (χ0) is 14.8. The molecule has 3 rings (SSSR count). The molecule has 0 fully saturated rings. The number of fused-ring (bicyclic) bond motifs is 1. The van der Waals surface area contributed by atoms with Crippen molar-refractivity contribution in [3.05, 3.63) is 69.3 Å². The third-order valence-corrected chi connectivity index (χ3v) is 4.44. The summed E-state index contributed by atoms with van der Waals surface area (Å²) < 4.78 is 0. The molecule has 0 saturated heterocycles. The zero-order valence-corrected chi connectivity index (χ0v) is 13.2. The molecule has 0 saturated carbocycles. The molecule has 0 bridgehead atoms. The van der Waals surface area contributed by atoms with Gasteiger partial charge in [-0.05, 0) is 36.4 Å². The van der Waals surface area contributed by atoms with Crippen molar-refractivity contribution >= 4 is 51.4 Å². The van der Waals surface area contributed by atoms with E-state index in [0.29, 0.717) is 21.6 Å². The second-order valence-electron chi connectivity index (χ2n) is 4.55. The van der Waals surface area contributed by atoms with E-state index in [1.54, 1.807) is 18.3 Å². The SMILES string of the molecule is Clc1ccc(Cl)c(CNc2cccc3ncccc23)c1Cl. The first kappa shape index (κ1) is 14.5. The van der Waals surface area contributed by atoms with Gasteiger partial charge >= 0.3 is 0 Å². The van der Waals surface area contributed by atoms with E-state index in [1.807, 2.05) is 30.3 Å². The Hall–Kier alpha value is -1.48. The maximum Gasteiger partial charge on any atom is 0.0722 e. The lowest BCUT2D eigenvalue weighted by Gasteiger charge is -2.12. The summed E-state index contributed by atoms with van der Waals surface area (Å²) in [6, 6.07) is 13.3. The van der Waals surface area contributed by atoms with E-state index in [0.717, 1.165) is 22.2 Å². The highest BCUT2D eigenvalue weighted by molar-refractivity contribution is 6.44. The molecule has 2 nitrogen and oxygen atoms in total. The van der Waals surface area contributed by atoms with Crippen LogP contribution in [0, 0.1) is 0 Å². The van der Waals surface area contributed by atoms with Gasteiger partial charge in [0.1, 0.15) is 0 Å². The van der Waals surface area contributed by atoms with Crippen molar-refractivity contribution in [2.45, 2.75) is 6.54 Å². The Balaban J connectivity index is 1.93. The third-order valence-electron chi connectivity index (χ3n) is 3.24. The second kappa shape index (κ2) is 6.10. The minimum atomic E-state index is 0.482. The molecular weight excluding hydrogens is 327 g/mol. The monoisotopic (exact) mass is 336 g/mol. The molecule has 106 valence electrons. The van der Waals surface area contributed by atoms with Gasteiger partial charge in [0, 0.05) is 34.4 Å². The zero-order valence-electron chi connectivity index (χ0n) is 10.9. The average Bonchev–Trinajstić information content (AvgIpc) is 2.51. The lowest BCUT2D eigenvalue weighted by atomic mass is 10.1. The minimum absolute atomic E-state index is 0.482. The van der Waals surface area contributed by atoms with E-state index in [4.69, 9.17) is 34.8 Å². The second-order valence-corrected chi connectivity index (χ2v) is 5.74. The molecule has 1 heterocycles. The van der Waals surface area contributed by atoms with Gasteiger partial charge in [0.25, 0.3) is 0 Å². The van der Waals surface area contributed by atoms with E-state index in [2.05, 4.69) is 10.3 Å². The average molecular weight is 338 g/mol. The van der Waals surface area contributed by atoms with E-state index in [-0.39, 0.29) is 0 Å². The largest absolute Gasteiger partial charge is 0.380 e. The number of pyridine rings is 1. The number of aromatic nitrogens is 1. The lowest BCUT2D eigenvalue weighted by molar-refractivity contribution is 1.15. The summed E-state index contributed by atoms with van der Waals surface area (Å²) in [5, 5.41) is 5.97. The normalized spacial score (nSPS) is 10.8. The molecule has 2 aromatic carbocycles. The van der Waals surface area contributed by atoms with Gasteiger partial charge in [0.2, 0.25) is 0 Å². The topological polar surface area (TPSA) is 24.9 Å². The predicted molar refractivity (Wildman–Crippen MR) is 90.5 cm³/mol. The predicted octanol–water partition coefficient (Wildman–Crippen LogP) is 5.81. The molecule has 0 aliphatic heterocycles. The van der Waals surface area contributed by atoms with E-state index >= 15 is 0 Å². The summed E-state index contributed by atoms with van der Waals surface area (Å²) in [6.45, 7) is 0.492. The van der Waals surface area contributed by atoms with Gasteiger partial charge in [-0.25, -0.2) is 0 Å². The summed E-state index contributed by atoms with van der Waals surface area (Å²) in [7, 11) is 0. The van der Waals surface area contributed by atoms with Crippen molar-refractivity contribution in [3.63, 3.8) is 0 Å². The molecule has 0 amide bonds. The summed E-state index contributed by atoms with van der Waals surface area (Å²) in [6.07, 6.45) is 1.77. The van der Waals surface area contributed by atoms with Gasteiger partial charge in [0.15, 0.2) is 0 Å². The van der Waals surface area contributed by atoms with Crippen LogP contribution in [0.15, 0.2) is 48.7 Å². The van der Waals surface area contributed by atoms with E-state index in [1.165, 1.54) is 0 Å². The molecular formula is C16H11Cl3N2. The van der Waals surface area contributed by atoms with Gasteiger partial charge in [-0.3, -0.25) is 4.98 Å². The number of benzene rings is 2. The molecule has 0 atom stereocenters. The van der Waals surface area contributed by atoms with Crippen molar-refractivity contribution in [1.29, 1.82) is 0 Å². The molecule has 0 unspecified atom stereocenters. The van der Waals surface area contributed by atoms with Crippen molar-refractivity contribution in [3.8, 4) is 0 Å². The molecule has 5 heteroatoms. The highest BCUT2D eigenvalue weighted by atomic mass is 35.5. The van der Waals surface area contributed by atoms with Crippen LogP contribution < -0.4 is 5.32 Å². The van der Waals surface area contributed by atoms with Crippen LogP contribution >= 0.6 is 34.8 Å². The van der Waals surface area contributed by atoms with Crippen LogP contribution in [0.4, 0.5) is 5.69 Å². The first-order valence-electron chi connectivity index (χ1n) is 6.37. The van der Waals surface area contributed by atoms with Gasteiger partial charge in [-0.1, -0.05) is 40.9 Å². The fourth-order valence-electron chi connectivity index (χ4n) is 2.17. The third kappa shape index (κ3) is 2.93. The Bertz CT molecular complexity index is 797. The number of halogens is 3.